The number of nitrogens with one attached hydrogen (secondary N) is 3. The van der Waals surface area contributed by atoms with Gasteiger partial charge in [0.25, 0.3) is 0 Å². The molecule has 128 valence electrons. The van der Waals surface area contributed by atoms with E-state index < -0.39 is 0 Å². The van der Waals surface area contributed by atoms with Gasteiger partial charge in [0.05, 0.1) is 19.0 Å². The van der Waals surface area contributed by atoms with Crippen LogP contribution in [-0.4, -0.2) is 35.3 Å². The molecule has 6 heteroatoms. The van der Waals surface area contributed by atoms with Crippen molar-refractivity contribution < 1.29 is 9.53 Å². The van der Waals surface area contributed by atoms with Crippen molar-refractivity contribution in [3.05, 3.63) is 41.7 Å². The van der Waals surface area contributed by atoms with Crippen LogP contribution in [0.25, 0.3) is 0 Å². The third kappa shape index (κ3) is 3.94. The van der Waals surface area contributed by atoms with Crippen molar-refractivity contribution >= 4 is 11.6 Å². The smallest absolute Gasteiger partial charge is 0.226 e. The Morgan fingerprint density at radius 1 is 1.46 bits per heavy atom. The van der Waals surface area contributed by atoms with Gasteiger partial charge in [-0.25, -0.2) is 0 Å². The standard InChI is InChI=1S/C18H24N4O2/c1-12(20-14-7-8-15-13(10-14)11-19-22-15)9-18(23)21-16-5-3-4-6-17(16)24-2/h3-6,11-12,14,20H,7-10H2,1-2H3,(H,19,22)(H,21,23). The molecule has 1 aliphatic rings. The Hall–Kier alpha value is -2.34. The number of carbonyl (C=O) groups excluding carboxylic acids is 1. The Balaban J connectivity index is 1.50. The molecule has 0 bridgehead atoms. The van der Waals surface area contributed by atoms with Gasteiger partial charge in [-0.1, -0.05) is 12.1 Å². The van der Waals surface area contributed by atoms with E-state index in [4.69, 9.17) is 4.74 Å². The van der Waals surface area contributed by atoms with Crippen LogP contribution < -0.4 is 15.4 Å². The van der Waals surface area contributed by atoms with Crippen molar-refractivity contribution in [2.45, 2.75) is 44.7 Å². The normalized spacial score (nSPS) is 17.8. The number of aromatic nitrogens is 2. The molecule has 1 heterocycles. The van der Waals surface area contributed by atoms with Gasteiger partial charge in [-0.3, -0.25) is 9.89 Å². The predicted molar refractivity (Wildman–Crippen MR) is 93.2 cm³/mol. The van der Waals surface area contributed by atoms with E-state index in [0.717, 1.165) is 19.3 Å². The van der Waals surface area contributed by atoms with Crippen molar-refractivity contribution in [3.8, 4) is 5.75 Å². The van der Waals surface area contributed by atoms with Gasteiger partial charge in [0.1, 0.15) is 5.75 Å². The Morgan fingerprint density at radius 3 is 3.12 bits per heavy atom. The number of methoxy groups -OCH3 is 1. The molecule has 6 nitrogen and oxygen atoms in total. The number of anilines is 1. The quantitative estimate of drug-likeness (QED) is 0.760. The molecule has 2 atom stereocenters. The number of aromatic amines is 1. The largest absolute Gasteiger partial charge is 0.495 e. The van der Waals surface area contributed by atoms with Gasteiger partial charge in [-0.15, -0.1) is 0 Å². The monoisotopic (exact) mass is 328 g/mol. The number of hydrogen-bond acceptors (Lipinski definition) is 4. The number of nitrogens with zero attached hydrogens (tertiary/aromatic N) is 1. The van der Waals surface area contributed by atoms with Gasteiger partial charge in [-0.05, 0) is 43.9 Å². The minimum atomic E-state index is -0.0145. The number of para-hydroxylation sites is 2. The number of rotatable bonds is 6. The van der Waals surface area contributed by atoms with Crippen LogP contribution in [0.15, 0.2) is 30.5 Å². The highest BCUT2D eigenvalue weighted by Crippen LogP contribution is 2.23. The molecule has 0 saturated carbocycles. The number of ether oxygens (including phenoxy) is 1. The maximum absolute atomic E-state index is 12.3. The summed E-state index contributed by atoms with van der Waals surface area (Å²) in [5.74, 6) is 0.658. The molecular weight excluding hydrogens is 304 g/mol. The minimum absolute atomic E-state index is 0.0145. The zero-order valence-corrected chi connectivity index (χ0v) is 14.1. The van der Waals surface area contributed by atoms with E-state index >= 15 is 0 Å². The van der Waals surface area contributed by atoms with Crippen LogP contribution >= 0.6 is 0 Å². The number of carbonyl (C=O) groups is 1. The van der Waals surface area contributed by atoms with Crippen LogP contribution in [0.1, 0.15) is 31.0 Å². The van der Waals surface area contributed by atoms with Crippen molar-refractivity contribution in [1.29, 1.82) is 0 Å². The highest BCUT2D eigenvalue weighted by atomic mass is 16.5. The average molecular weight is 328 g/mol. The second-order valence-corrected chi connectivity index (χ2v) is 6.33. The molecule has 3 rings (SSSR count). The molecule has 0 radical (unpaired) electrons. The fourth-order valence-corrected chi connectivity index (χ4v) is 3.25. The number of amides is 1. The highest BCUT2D eigenvalue weighted by Gasteiger charge is 2.22. The Bertz CT molecular complexity index is 698. The molecule has 0 fully saturated rings. The van der Waals surface area contributed by atoms with E-state index in [9.17, 15) is 4.79 Å². The number of H-pyrrole nitrogens is 1. The summed E-state index contributed by atoms with van der Waals surface area (Å²) >= 11 is 0. The van der Waals surface area contributed by atoms with Gasteiger partial charge >= 0.3 is 0 Å². The third-order valence-electron chi connectivity index (χ3n) is 4.41. The Labute approximate surface area is 142 Å². The minimum Gasteiger partial charge on any atom is -0.495 e. The second kappa shape index (κ2) is 7.49. The highest BCUT2D eigenvalue weighted by molar-refractivity contribution is 5.92. The first-order chi connectivity index (χ1) is 11.7. The van der Waals surface area contributed by atoms with Crippen LogP contribution in [0.2, 0.25) is 0 Å². The van der Waals surface area contributed by atoms with Gasteiger partial charge in [-0.2, -0.15) is 5.10 Å². The maximum atomic E-state index is 12.3. The first-order valence-electron chi connectivity index (χ1n) is 8.35. The van der Waals surface area contributed by atoms with Gasteiger partial charge in [0, 0.05) is 24.2 Å². The lowest BCUT2D eigenvalue weighted by Gasteiger charge is -2.26. The summed E-state index contributed by atoms with van der Waals surface area (Å²) in [4.78, 5) is 12.3. The lowest BCUT2D eigenvalue weighted by molar-refractivity contribution is -0.116. The van der Waals surface area contributed by atoms with E-state index in [1.54, 1.807) is 7.11 Å². The molecule has 2 aromatic rings. The molecule has 1 aromatic heterocycles. The third-order valence-corrected chi connectivity index (χ3v) is 4.41. The summed E-state index contributed by atoms with van der Waals surface area (Å²) in [5, 5.41) is 13.6. The zero-order valence-electron chi connectivity index (χ0n) is 14.1. The molecular formula is C18H24N4O2. The molecule has 0 aliphatic heterocycles. The van der Waals surface area contributed by atoms with Crippen LogP contribution in [0.5, 0.6) is 5.75 Å². The number of fused-ring (bicyclic) bond motifs is 1. The van der Waals surface area contributed by atoms with Crippen LogP contribution in [0.3, 0.4) is 0 Å². The van der Waals surface area contributed by atoms with Crippen LogP contribution in [-0.2, 0) is 17.6 Å². The average Bonchev–Trinajstić information content (AvgIpc) is 3.02. The molecule has 1 aliphatic carbocycles. The summed E-state index contributed by atoms with van der Waals surface area (Å²) in [6.45, 7) is 2.05. The lowest BCUT2D eigenvalue weighted by Crippen LogP contribution is -2.41. The van der Waals surface area contributed by atoms with E-state index in [2.05, 4.69) is 20.8 Å². The summed E-state index contributed by atoms with van der Waals surface area (Å²) in [6.07, 6.45) is 5.36. The SMILES string of the molecule is COc1ccccc1NC(=O)CC(C)NC1CCc2[nH]ncc2C1. The first-order valence-corrected chi connectivity index (χ1v) is 8.35. The molecule has 0 spiro atoms. The summed E-state index contributed by atoms with van der Waals surface area (Å²) in [7, 11) is 1.60. The Morgan fingerprint density at radius 2 is 2.29 bits per heavy atom. The van der Waals surface area contributed by atoms with Crippen molar-refractivity contribution in [3.63, 3.8) is 0 Å². The summed E-state index contributed by atoms with van der Waals surface area (Å²) in [5.41, 5.74) is 3.23. The van der Waals surface area contributed by atoms with Crippen molar-refractivity contribution in [2.75, 3.05) is 12.4 Å². The predicted octanol–water partition coefficient (Wildman–Crippen LogP) is 2.28. The van der Waals surface area contributed by atoms with Crippen LogP contribution in [0.4, 0.5) is 5.69 Å². The fraction of sp³-hybridized carbons (Fsp3) is 0.444. The van der Waals surface area contributed by atoms with Gasteiger partial charge in [0.15, 0.2) is 0 Å². The van der Waals surface area contributed by atoms with E-state index in [1.807, 2.05) is 37.4 Å². The van der Waals surface area contributed by atoms with Gasteiger partial charge in [0.2, 0.25) is 5.91 Å². The van der Waals surface area contributed by atoms with E-state index in [-0.39, 0.29) is 11.9 Å². The summed E-state index contributed by atoms with van der Waals surface area (Å²) in [6, 6.07) is 7.94. The molecule has 1 amide bonds. The van der Waals surface area contributed by atoms with Crippen molar-refractivity contribution in [2.24, 2.45) is 0 Å². The topological polar surface area (TPSA) is 79.0 Å². The second-order valence-electron chi connectivity index (χ2n) is 6.33. The summed E-state index contributed by atoms with van der Waals surface area (Å²) < 4.78 is 5.26. The first kappa shape index (κ1) is 16.5. The Kier molecular flexibility index (Phi) is 5.15. The lowest BCUT2D eigenvalue weighted by atomic mass is 9.93. The van der Waals surface area contributed by atoms with E-state index in [1.165, 1.54) is 11.3 Å². The van der Waals surface area contributed by atoms with Crippen LogP contribution in [0, 0.1) is 0 Å². The molecule has 3 N–H and O–H groups in total. The van der Waals surface area contributed by atoms with E-state index in [0.29, 0.717) is 23.9 Å². The molecule has 1 aromatic carbocycles. The number of aryl methyl sites for hydroxylation is 1. The van der Waals surface area contributed by atoms with Gasteiger partial charge < -0.3 is 15.4 Å². The molecule has 0 saturated heterocycles. The molecule has 24 heavy (non-hydrogen) atoms. The zero-order chi connectivity index (χ0) is 16.9. The van der Waals surface area contributed by atoms with Crippen molar-refractivity contribution in [1.82, 2.24) is 15.5 Å². The number of hydrogen-bond donors (Lipinski definition) is 3. The maximum Gasteiger partial charge on any atom is 0.226 e. The molecule has 2 unspecified atom stereocenters. The number of benzene rings is 1. The fourth-order valence-electron chi connectivity index (χ4n) is 3.25.